The number of carbonyl (C=O) groups is 2. The predicted molar refractivity (Wildman–Crippen MR) is 99.0 cm³/mol. The Balaban J connectivity index is 2.00. The van der Waals surface area contributed by atoms with Crippen LogP contribution in [0.3, 0.4) is 0 Å². The van der Waals surface area contributed by atoms with Gasteiger partial charge in [0.2, 0.25) is 0 Å². The van der Waals surface area contributed by atoms with Gasteiger partial charge in [-0.25, -0.2) is 0 Å². The van der Waals surface area contributed by atoms with Crippen LogP contribution in [-0.4, -0.2) is 22.2 Å². The monoisotopic (exact) mass is 344 g/mol. The van der Waals surface area contributed by atoms with Crippen molar-refractivity contribution in [3.8, 4) is 0 Å². The van der Waals surface area contributed by atoms with Gasteiger partial charge in [-0.05, 0) is 39.5 Å². The van der Waals surface area contributed by atoms with Crippen LogP contribution in [0.15, 0.2) is 72.8 Å². The molecule has 3 aromatic rings. The molecule has 0 radical (unpaired) electrons. The first-order valence-electron chi connectivity index (χ1n) is 8.30. The van der Waals surface area contributed by atoms with Gasteiger partial charge in [0.1, 0.15) is 0 Å². The van der Waals surface area contributed by atoms with Gasteiger partial charge in [-0.15, -0.1) is 0 Å². The number of hydrogen-bond donors (Lipinski definition) is 2. The third-order valence-electron chi connectivity index (χ3n) is 5.10. The van der Waals surface area contributed by atoms with E-state index in [2.05, 4.69) is 0 Å². The Morgan fingerprint density at radius 1 is 0.769 bits per heavy atom. The molecular weight excluding hydrogens is 328 g/mol. The molecule has 2 N–H and O–H groups in total. The zero-order chi connectivity index (χ0) is 18.3. The molecule has 0 saturated heterocycles. The summed E-state index contributed by atoms with van der Waals surface area (Å²) in [6.45, 7) is 0. The van der Waals surface area contributed by atoms with E-state index >= 15 is 0 Å². The Hall–Kier alpha value is -3.40. The molecule has 1 aliphatic carbocycles. The lowest BCUT2D eigenvalue weighted by molar-refractivity contribution is -0.157. The lowest BCUT2D eigenvalue weighted by Crippen LogP contribution is -2.45. The molecular formula is C22H16O4. The second-order valence-electron chi connectivity index (χ2n) is 6.41. The van der Waals surface area contributed by atoms with Gasteiger partial charge in [0.25, 0.3) is 0 Å². The summed E-state index contributed by atoms with van der Waals surface area (Å²) in [7, 11) is 0. The van der Waals surface area contributed by atoms with E-state index in [1.165, 1.54) is 0 Å². The summed E-state index contributed by atoms with van der Waals surface area (Å²) in [5.74, 6) is -2.68. The Morgan fingerprint density at radius 3 is 2.15 bits per heavy atom. The fourth-order valence-electron chi connectivity index (χ4n) is 3.78. The maximum absolute atomic E-state index is 11.9. The van der Waals surface area contributed by atoms with E-state index in [1.54, 1.807) is 30.3 Å². The number of fused-ring (bicyclic) bond motifs is 2. The summed E-state index contributed by atoms with van der Waals surface area (Å²) >= 11 is 0. The van der Waals surface area contributed by atoms with Gasteiger partial charge in [-0.3, -0.25) is 9.59 Å². The zero-order valence-electron chi connectivity index (χ0n) is 13.8. The molecule has 26 heavy (non-hydrogen) atoms. The van der Waals surface area contributed by atoms with Crippen LogP contribution in [0, 0.1) is 0 Å². The van der Waals surface area contributed by atoms with E-state index in [0.29, 0.717) is 11.1 Å². The van der Waals surface area contributed by atoms with Crippen molar-refractivity contribution in [3.05, 3.63) is 89.5 Å². The average Bonchev–Trinajstić information content (AvgIpc) is 2.66. The third-order valence-corrected chi connectivity index (χ3v) is 5.10. The highest BCUT2D eigenvalue weighted by atomic mass is 16.4. The zero-order valence-corrected chi connectivity index (χ0v) is 13.8. The number of carboxylic acid groups (broad SMARTS) is 2. The number of rotatable bonds is 3. The molecule has 0 heterocycles. The first kappa shape index (κ1) is 16.1. The van der Waals surface area contributed by atoms with Gasteiger partial charge in [0.15, 0.2) is 5.41 Å². The predicted octanol–water partition coefficient (Wildman–Crippen LogP) is 4.08. The van der Waals surface area contributed by atoms with Gasteiger partial charge >= 0.3 is 11.9 Å². The van der Waals surface area contributed by atoms with Crippen LogP contribution < -0.4 is 0 Å². The molecule has 0 fully saturated rings. The van der Waals surface area contributed by atoms with Gasteiger partial charge in [-0.2, -0.15) is 0 Å². The minimum absolute atomic E-state index is 0.0900. The number of benzene rings is 3. The van der Waals surface area contributed by atoms with Crippen molar-refractivity contribution in [1.82, 2.24) is 0 Å². The molecule has 0 aliphatic heterocycles. The van der Waals surface area contributed by atoms with Crippen LogP contribution in [0.4, 0.5) is 0 Å². The molecule has 0 saturated carbocycles. The minimum atomic E-state index is -1.95. The molecule has 3 aromatic carbocycles. The molecule has 4 nitrogen and oxygen atoms in total. The molecule has 0 aromatic heterocycles. The Kier molecular flexibility index (Phi) is 3.62. The van der Waals surface area contributed by atoms with E-state index in [4.69, 9.17) is 0 Å². The first-order valence-corrected chi connectivity index (χ1v) is 8.30. The molecule has 4 rings (SSSR count). The first-order chi connectivity index (χ1) is 12.6. The highest BCUT2D eigenvalue weighted by molar-refractivity contribution is 6.09. The van der Waals surface area contributed by atoms with Gasteiger partial charge < -0.3 is 10.2 Å². The van der Waals surface area contributed by atoms with E-state index in [1.807, 2.05) is 42.5 Å². The summed E-state index contributed by atoms with van der Waals surface area (Å²) in [5, 5.41) is 21.6. The van der Waals surface area contributed by atoms with Gasteiger partial charge in [-0.1, -0.05) is 72.8 Å². The fourth-order valence-corrected chi connectivity index (χ4v) is 3.78. The Bertz CT molecular complexity index is 1060. The number of aliphatic carboxylic acids is 2. The molecule has 0 bridgehead atoms. The fraction of sp³-hybridized carbons (Fsp3) is 0.0909. The van der Waals surface area contributed by atoms with Crippen LogP contribution >= 0.6 is 0 Å². The van der Waals surface area contributed by atoms with Gasteiger partial charge in [0.05, 0.1) is 0 Å². The molecule has 0 amide bonds. The van der Waals surface area contributed by atoms with Crippen molar-refractivity contribution in [2.45, 2.75) is 11.8 Å². The maximum atomic E-state index is 11.9. The van der Waals surface area contributed by atoms with Crippen LogP contribution in [0.25, 0.3) is 16.3 Å². The van der Waals surface area contributed by atoms with E-state index < -0.39 is 17.4 Å². The summed E-state index contributed by atoms with van der Waals surface area (Å²) in [4.78, 5) is 23.9. The van der Waals surface area contributed by atoms with Crippen molar-refractivity contribution in [1.29, 1.82) is 0 Å². The normalized spacial score (nSPS) is 15.2. The summed E-state index contributed by atoms with van der Waals surface area (Å²) < 4.78 is 0. The summed E-state index contributed by atoms with van der Waals surface area (Å²) in [6, 6.07) is 20.8. The lowest BCUT2D eigenvalue weighted by atomic mass is 9.69. The van der Waals surface area contributed by atoms with Crippen LogP contribution in [-0.2, 0) is 15.0 Å². The summed E-state index contributed by atoms with van der Waals surface area (Å²) in [5.41, 5.74) is 0.866. The number of allylic oxidation sites excluding steroid dienone is 1. The second kappa shape index (κ2) is 5.85. The van der Waals surface area contributed by atoms with Crippen molar-refractivity contribution in [2.75, 3.05) is 0 Å². The third kappa shape index (κ3) is 2.15. The number of carboxylic acids is 2. The number of hydrogen-bond acceptors (Lipinski definition) is 2. The Labute approximate surface area is 150 Å². The summed E-state index contributed by atoms with van der Waals surface area (Å²) in [6.07, 6.45) is 1.65. The Morgan fingerprint density at radius 2 is 1.38 bits per heavy atom. The van der Waals surface area contributed by atoms with Crippen LogP contribution in [0.5, 0.6) is 0 Å². The second-order valence-corrected chi connectivity index (χ2v) is 6.41. The lowest BCUT2D eigenvalue weighted by Gasteiger charge is -2.31. The smallest absolute Gasteiger partial charge is 0.325 e. The van der Waals surface area contributed by atoms with Crippen molar-refractivity contribution < 1.29 is 19.8 Å². The average molecular weight is 344 g/mol. The van der Waals surface area contributed by atoms with E-state index in [9.17, 15) is 19.8 Å². The molecule has 0 spiro atoms. The topological polar surface area (TPSA) is 74.6 Å². The molecule has 4 heteroatoms. The quantitative estimate of drug-likeness (QED) is 0.702. The van der Waals surface area contributed by atoms with E-state index in [0.717, 1.165) is 21.9 Å². The maximum Gasteiger partial charge on any atom is 0.325 e. The van der Waals surface area contributed by atoms with Crippen molar-refractivity contribution in [3.63, 3.8) is 0 Å². The SMILES string of the molecule is O=C(O)C1(C(=O)O)CC=C(c2cccc3ccccc23)c2ccccc21. The van der Waals surface area contributed by atoms with Crippen molar-refractivity contribution >= 4 is 28.3 Å². The van der Waals surface area contributed by atoms with Gasteiger partial charge in [0, 0.05) is 0 Å². The molecule has 0 atom stereocenters. The standard InChI is InChI=1S/C22H16O4/c23-20(24)22(21(25)26)13-12-17(18-9-3-4-11-19(18)22)16-10-5-7-14-6-1-2-8-15(14)16/h1-12H,13H2,(H,23,24)(H,25,26). The highest BCUT2D eigenvalue weighted by Gasteiger charge is 2.50. The van der Waals surface area contributed by atoms with Crippen LogP contribution in [0.1, 0.15) is 23.1 Å². The molecule has 0 unspecified atom stereocenters. The molecule has 1 aliphatic rings. The van der Waals surface area contributed by atoms with Crippen LogP contribution in [0.2, 0.25) is 0 Å². The van der Waals surface area contributed by atoms with Crippen molar-refractivity contribution in [2.24, 2.45) is 0 Å². The van der Waals surface area contributed by atoms with E-state index in [-0.39, 0.29) is 6.42 Å². The molecule has 128 valence electrons. The minimum Gasteiger partial charge on any atom is -0.480 e. The highest BCUT2D eigenvalue weighted by Crippen LogP contribution is 2.43. The largest absolute Gasteiger partial charge is 0.480 e.